The van der Waals surface area contributed by atoms with Crippen molar-refractivity contribution in [3.63, 3.8) is 0 Å². The lowest BCUT2D eigenvalue weighted by atomic mass is 10.0. The second-order valence-electron chi connectivity index (χ2n) is 6.32. The van der Waals surface area contributed by atoms with E-state index in [0.29, 0.717) is 41.2 Å². The Morgan fingerprint density at radius 1 is 0.966 bits per heavy atom. The maximum absolute atomic E-state index is 11.5. The van der Waals surface area contributed by atoms with Crippen molar-refractivity contribution in [3.05, 3.63) is 65.2 Å². The van der Waals surface area contributed by atoms with E-state index in [-0.39, 0.29) is 6.61 Å². The molecule has 2 aromatic rings. The molecule has 0 saturated heterocycles. The van der Waals surface area contributed by atoms with Gasteiger partial charge in [0.25, 0.3) is 0 Å². The second-order valence-corrected chi connectivity index (χ2v) is 6.32. The lowest BCUT2D eigenvalue weighted by Gasteiger charge is -2.17. The third-order valence-electron chi connectivity index (χ3n) is 4.17. The molecule has 0 fully saturated rings. The number of ether oxygens (including phenoxy) is 4. The zero-order valence-corrected chi connectivity index (χ0v) is 17.3. The SMILES string of the molecule is C=C(C)C(=O)OCCCc1cc(C#Cc2ccccc2)c(OC)c(OC)c1OC. The highest BCUT2D eigenvalue weighted by Gasteiger charge is 2.20. The first-order valence-corrected chi connectivity index (χ1v) is 9.23. The Hall–Kier alpha value is -3.39. The number of hydrogen-bond acceptors (Lipinski definition) is 5. The quantitative estimate of drug-likeness (QED) is 0.291. The highest BCUT2D eigenvalue weighted by molar-refractivity contribution is 5.86. The minimum absolute atomic E-state index is 0.286. The highest BCUT2D eigenvalue weighted by Crippen LogP contribution is 2.43. The predicted octanol–water partition coefficient (Wildman–Crippen LogP) is 4.16. The number of methoxy groups -OCH3 is 3. The molecule has 0 radical (unpaired) electrons. The van der Waals surface area contributed by atoms with Crippen LogP contribution in [0.5, 0.6) is 17.2 Å². The van der Waals surface area contributed by atoms with E-state index in [0.717, 1.165) is 11.1 Å². The summed E-state index contributed by atoms with van der Waals surface area (Å²) >= 11 is 0. The molecule has 0 bridgehead atoms. The summed E-state index contributed by atoms with van der Waals surface area (Å²) in [5.41, 5.74) is 2.88. The summed E-state index contributed by atoms with van der Waals surface area (Å²) in [5.74, 6) is 7.51. The van der Waals surface area contributed by atoms with Gasteiger partial charge in [-0.05, 0) is 43.5 Å². The third kappa shape index (κ3) is 5.79. The van der Waals surface area contributed by atoms with Crippen molar-refractivity contribution in [2.75, 3.05) is 27.9 Å². The Kier molecular flexibility index (Phi) is 8.17. The normalized spacial score (nSPS) is 9.79. The number of rotatable bonds is 8. The van der Waals surface area contributed by atoms with Crippen molar-refractivity contribution in [2.24, 2.45) is 0 Å². The molecule has 2 rings (SSSR count). The first-order valence-electron chi connectivity index (χ1n) is 9.23. The number of carbonyl (C=O) groups is 1. The number of benzene rings is 2. The molecule has 0 aliphatic rings. The molecule has 0 aliphatic carbocycles. The Bertz CT molecular complexity index is 920. The van der Waals surface area contributed by atoms with Gasteiger partial charge in [-0.25, -0.2) is 4.79 Å². The van der Waals surface area contributed by atoms with Crippen molar-refractivity contribution < 1.29 is 23.7 Å². The van der Waals surface area contributed by atoms with Crippen LogP contribution >= 0.6 is 0 Å². The van der Waals surface area contributed by atoms with Gasteiger partial charge in [-0.3, -0.25) is 0 Å². The standard InChI is InChI=1S/C24H26O5/c1-17(2)24(25)29-15-9-12-19-16-20(14-13-18-10-7-6-8-11-18)22(27-4)23(28-5)21(19)26-3/h6-8,10-11,16H,1,9,12,15H2,2-5H3. The molecular formula is C24H26O5. The van der Waals surface area contributed by atoms with Crippen molar-refractivity contribution in [1.82, 2.24) is 0 Å². The smallest absolute Gasteiger partial charge is 0.333 e. The van der Waals surface area contributed by atoms with Crippen LogP contribution in [-0.4, -0.2) is 33.9 Å². The lowest BCUT2D eigenvalue weighted by molar-refractivity contribution is -0.139. The topological polar surface area (TPSA) is 54.0 Å². The van der Waals surface area contributed by atoms with Crippen LogP contribution in [0.4, 0.5) is 0 Å². The number of esters is 1. The van der Waals surface area contributed by atoms with Gasteiger partial charge in [0.15, 0.2) is 11.5 Å². The van der Waals surface area contributed by atoms with Crippen LogP contribution < -0.4 is 14.2 Å². The van der Waals surface area contributed by atoms with E-state index in [1.165, 1.54) is 0 Å². The van der Waals surface area contributed by atoms with Crippen LogP contribution in [0.15, 0.2) is 48.6 Å². The van der Waals surface area contributed by atoms with Gasteiger partial charge in [-0.2, -0.15) is 0 Å². The minimum atomic E-state index is -0.390. The number of hydrogen-bond donors (Lipinski definition) is 0. The Morgan fingerprint density at radius 2 is 1.62 bits per heavy atom. The summed E-state index contributed by atoms with van der Waals surface area (Å²) in [5, 5.41) is 0. The van der Waals surface area contributed by atoms with E-state index in [1.807, 2.05) is 36.4 Å². The predicted molar refractivity (Wildman–Crippen MR) is 113 cm³/mol. The summed E-state index contributed by atoms with van der Waals surface area (Å²) in [7, 11) is 4.71. The maximum Gasteiger partial charge on any atom is 0.333 e. The van der Waals surface area contributed by atoms with Crippen LogP contribution in [0.25, 0.3) is 0 Å². The Labute approximate surface area is 172 Å². The van der Waals surface area contributed by atoms with Gasteiger partial charge < -0.3 is 18.9 Å². The maximum atomic E-state index is 11.5. The van der Waals surface area contributed by atoms with Crippen LogP contribution in [0, 0.1) is 11.8 Å². The average molecular weight is 394 g/mol. The van der Waals surface area contributed by atoms with Gasteiger partial charge in [0.05, 0.1) is 33.5 Å². The van der Waals surface area contributed by atoms with E-state index < -0.39 is 5.97 Å². The van der Waals surface area contributed by atoms with Crippen molar-refractivity contribution >= 4 is 5.97 Å². The molecule has 0 unspecified atom stereocenters. The fourth-order valence-corrected chi connectivity index (χ4v) is 2.78. The van der Waals surface area contributed by atoms with E-state index in [1.54, 1.807) is 28.3 Å². The zero-order valence-electron chi connectivity index (χ0n) is 17.3. The molecule has 0 N–H and O–H groups in total. The van der Waals surface area contributed by atoms with Crippen LogP contribution in [0.3, 0.4) is 0 Å². The largest absolute Gasteiger partial charge is 0.492 e. The zero-order chi connectivity index (χ0) is 21.2. The first kappa shape index (κ1) is 21.9. The highest BCUT2D eigenvalue weighted by atomic mass is 16.5. The molecule has 0 heterocycles. The molecule has 29 heavy (non-hydrogen) atoms. The summed E-state index contributed by atoms with van der Waals surface area (Å²) in [6.07, 6.45) is 1.24. The molecule has 0 aromatic heterocycles. The van der Waals surface area contributed by atoms with Crippen molar-refractivity contribution in [3.8, 4) is 29.1 Å². The molecule has 0 spiro atoms. The first-order chi connectivity index (χ1) is 14.0. The van der Waals surface area contributed by atoms with E-state index >= 15 is 0 Å². The van der Waals surface area contributed by atoms with E-state index in [2.05, 4.69) is 18.4 Å². The number of aryl methyl sites for hydroxylation is 1. The number of carbonyl (C=O) groups excluding carboxylic acids is 1. The molecular weight excluding hydrogens is 368 g/mol. The lowest BCUT2D eigenvalue weighted by Crippen LogP contribution is -2.07. The molecule has 5 nitrogen and oxygen atoms in total. The van der Waals surface area contributed by atoms with Crippen molar-refractivity contribution in [1.29, 1.82) is 0 Å². The van der Waals surface area contributed by atoms with E-state index in [9.17, 15) is 4.79 Å². The van der Waals surface area contributed by atoms with E-state index in [4.69, 9.17) is 18.9 Å². The molecule has 0 atom stereocenters. The molecule has 0 saturated carbocycles. The van der Waals surface area contributed by atoms with Gasteiger partial charge >= 0.3 is 5.97 Å². The fourth-order valence-electron chi connectivity index (χ4n) is 2.78. The second kappa shape index (κ2) is 10.8. The average Bonchev–Trinajstić information content (AvgIpc) is 2.74. The fraction of sp³-hybridized carbons (Fsp3) is 0.292. The Morgan fingerprint density at radius 3 is 2.21 bits per heavy atom. The van der Waals surface area contributed by atoms with Crippen LogP contribution in [0.2, 0.25) is 0 Å². The van der Waals surface area contributed by atoms with Gasteiger partial charge in [0, 0.05) is 11.1 Å². The molecule has 2 aromatic carbocycles. The van der Waals surface area contributed by atoms with Crippen LogP contribution in [0.1, 0.15) is 30.0 Å². The van der Waals surface area contributed by atoms with Gasteiger partial charge in [0.2, 0.25) is 5.75 Å². The molecule has 0 aliphatic heterocycles. The molecule has 0 amide bonds. The summed E-state index contributed by atoms with van der Waals surface area (Å²) < 4.78 is 21.8. The van der Waals surface area contributed by atoms with Gasteiger partial charge in [0.1, 0.15) is 0 Å². The monoisotopic (exact) mass is 394 g/mol. The Balaban J connectivity index is 2.33. The molecule has 152 valence electrons. The summed E-state index contributed by atoms with van der Waals surface area (Å²) in [4.78, 5) is 11.5. The van der Waals surface area contributed by atoms with Crippen LogP contribution in [-0.2, 0) is 16.0 Å². The minimum Gasteiger partial charge on any atom is -0.492 e. The molecule has 5 heteroatoms. The third-order valence-corrected chi connectivity index (χ3v) is 4.17. The van der Waals surface area contributed by atoms with Gasteiger partial charge in [-0.15, -0.1) is 0 Å². The summed E-state index contributed by atoms with van der Waals surface area (Å²) in [6, 6.07) is 11.6. The summed E-state index contributed by atoms with van der Waals surface area (Å²) in [6.45, 7) is 5.49. The van der Waals surface area contributed by atoms with Crippen molar-refractivity contribution in [2.45, 2.75) is 19.8 Å². The van der Waals surface area contributed by atoms with Gasteiger partial charge in [-0.1, -0.05) is 36.6 Å².